The summed E-state index contributed by atoms with van der Waals surface area (Å²) in [6.45, 7) is 24.5. The Morgan fingerprint density at radius 3 is 2.23 bits per heavy atom. The number of carbonyl (C=O) groups excluding carboxylic acids is 2. The van der Waals surface area contributed by atoms with Crippen LogP contribution in [0, 0.1) is 5.92 Å². The number of esters is 1. The summed E-state index contributed by atoms with van der Waals surface area (Å²) in [5.41, 5.74) is 1.93. The van der Waals surface area contributed by atoms with E-state index < -0.39 is 22.4 Å². The number of aliphatic imine (C=N–C) groups is 1. The highest BCUT2D eigenvalue weighted by atomic mass is 28.4. The van der Waals surface area contributed by atoms with Crippen LogP contribution in [0.25, 0.3) is 0 Å². The number of rotatable bonds is 9. The Hall–Kier alpha value is -1.32. The topological polar surface area (TPSA) is 65.0 Å². The van der Waals surface area contributed by atoms with Crippen LogP contribution in [0.15, 0.2) is 28.8 Å². The summed E-state index contributed by atoms with van der Waals surface area (Å²) in [5, 5.41) is 0.120. The lowest BCUT2D eigenvalue weighted by molar-refractivity contribution is -0.135. The quantitative estimate of drug-likeness (QED) is 0.203. The minimum absolute atomic E-state index is 0.0626. The first-order valence-electron chi connectivity index (χ1n) is 10.7. The monoisotopic (exact) mass is 451 g/mol. The summed E-state index contributed by atoms with van der Waals surface area (Å²) in [5.74, 6) is -0.815. The van der Waals surface area contributed by atoms with Crippen molar-refractivity contribution < 1.29 is 18.8 Å². The molecule has 0 N–H and O–H groups in total. The van der Waals surface area contributed by atoms with E-state index in [0.29, 0.717) is 17.9 Å². The van der Waals surface area contributed by atoms with Crippen molar-refractivity contribution in [3.05, 3.63) is 23.8 Å². The SMILES string of the molecule is C=C(C[Si](C)(C)C)[C@@H]1C[C@H](CO[Si](C)(C)C(C)(C)C)N=C1C(=O)/C(C)=C/C(=O)OC. The van der Waals surface area contributed by atoms with Gasteiger partial charge < -0.3 is 9.16 Å². The van der Waals surface area contributed by atoms with Gasteiger partial charge >= 0.3 is 5.97 Å². The zero-order chi connectivity index (χ0) is 23.5. The van der Waals surface area contributed by atoms with Crippen molar-refractivity contribution in [2.24, 2.45) is 10.9 Å². The second kappa shape index (κ2) is 9.87. The van der Waals surface area contributed by atoms with Crippen LogP contribution in [0.3, 0.4) is 0 Å². The lowest BCUT2D eigenvalue weighted by atomic mass is 9.89. The Morgan fingerprint density at radius 1 is 1.20 bits per heavy atom. The fraction of sp³-hybridized carbons (Fsp3) is 0.696. The molecule has 0 spiro atoms. The highest BCUT2D eigenvalue weighted by Crippen LogP contribution is 2.38. The van der Waals surface area contributed by atoms with Gasteiger partial charge in [-0.15, -0.1) is 0 Å². The molecular weight excluding hydrogens is 410 g/mol. The predicted molar refractivity (Wildman–Crippen MR) is 131 cm³/mol. The van der Waals surface area contributed by atoms with Crippen LogP contribution in [0.1, 0.15) is 34.1 Å². The van der Waals surface area contributed by atoms with Crippen LogP contribution in [0.5, 0.6) is 0 Å². The van der Waals surface area contributed by atoms with Gasteiger partial charge in [0.2, 0.25) is 5.78 Å². The van der Waals surface area contributed by atoms with E-state index in [0.717, 1.165) is 18.0 Å². The van der Waals surface area contributed by atoms with Crippen LogP contribution >= 0.6 is 0 Å². The fourth-order valence-corrected chi connectivity index (χ4v) is 5.88. The summed E-state index contributed by atoms with van der Waals surface area (Å²) in [6.07, 6.45) is 1.98. The maximum atomic E-state index is 13.1. The molecule has 1 aliphatic heterocycles. The van der Waals surface area contributed by atoms with Crippen molar-refractivity contribution >= 4 is 33.9 Å². The van der Waals surface area contributed by atoms with Gasteiger partial charge in [-0.1, -0.05) is 52.6 Å². The van der Waals surface area contributed by atoms with Gasteiger partial charge in [0.05, 0.1) is 25.5 Å². The summed E-state index contributed by atoms with van der Waals surface area (Å²) in [6, 6.07) is 0.881. The van der Waals surface area contributed by atoms with E-state index in [1.165, 1.54) is 13.2 Å². The van der Waals surface area contributed by atoms with E-state index in [1.54, 1.807) is 6.92 Å². The maximum absolute atomic E-state index is 13.1. The second-order valence-corrected chi connectivity index (χ2v) is 21.4. The summed E-state index contributed by atoms with van der Waals surface area (Å²) >= 11 is 0. The van der Waals surface area contributed by atoms with Crippen LogP contribution in [-0.2, 0) is 18.8 Å². The van der Waals surface area contributed by atoms with E-state index in [4.69, 9.17) is 9.42 Å². The molecule has 1 heterocycles. The van der Waals surface area contributed by atoms with Crippen molar-refractivity contribution in [1.29, 1.82) is 0 Å². The molecule has 0 radical (unpaired) electrons. The summed E-state index contributed by atoms with van der Waals surface area (Å²) in [7, 11) is -1.98. The molecule has 170 valence electrons. The van der Waals surface area contributed by atoms with Crippen molar-refractivity contribution in [1.82, 2.24) is 0 Å². The van der Waals surface area contributed by atoms with E-state index >= 15 is 0 Å². The number of ketones is 1. The Morgan fingerprint density at radius 2 is 1.77 bits per heavy atom. The highest BCUT2D eigenvalue weighted by molar-refractivity contribution is 6.76. The van der Waals surface area contributed by atoms with Gasteiger partial charge in [0, 0.05) is 25.6 Å². The zero-order valence-electron chi connectivity index (χ0n) is 20.6. The van der Waals surface area contributed by atoms with E-state index in [-0.39, 0.29) is 22.8 Å². The lowest BCUT2D eigenvalue weighted by Gasteiger charge is -2.36. The first kappa shape index (κ1) is 26.7. The van der Waals surface area contributed by atoms with Crippen LogP contribution in [0.4, 0.5) is 0 Å². The third kappa shape index (κ3) is 7.43. The Labute approximate surface area is 185 Å². The number of carbonyl (C=O) groups is 2. The third-order valence-corrected chi connectivity index (χ3v) is 12.0. The van der Waals surface area contributed by atoms with Gasteiger partial charge in [-0.2, -0.15) is 0 Å². The minimum atomic E-state index is -1.90. The van der Waals surface area contributed by atoms with Gasteiger partial charge in [-0.05, 0) is 37.5 Å². The average Bonchev–Trinajstić information content (AvgIpc) is 3.01. The van der Waals surface area contributed by atoms with Gasteiger partial charge in [0.1, 0.15) is 0 Å². The highest BCUT2D eigenvalue weighted by Gasteiger charge is 2.40. The first-order valence-corrected chi connectivity index (χ1v) is 17.3. The average molecular weight is 452 g/mol. The molecule has 1 rings (SSSR count). The fourth-order valence-electron chi connectivity index (χ4n) is 3.23. The zero-order valence-corrected chi connectivity index (χ0v) is 22.6. The number of hydrogen-bond acceptors (Lipinski definition) is 5. The van der Waals surface area contributed by atoms with Crippen LogP contribution < -0.4 is 0 Å². The van der Waals surface area contributed by atoms with E-state index in [9.17, 15) is 9.59 Å². The van der Waals surface area contributed by atoms with Crippen molar-refractivity contribution in [3.8, 4) is 0 Å². The van der Waals surface area contributed by atoms with Crippen molar-refractivity contribution in [2.75, 3.05) is 13.7 Å². The first-order chi connectivity index (χ1) is 13.5. The number of ether oxygens (including phenoxy) is 1. The second-order valence-electron chi connectivity index (χ2n) is 11.1. The third-order valence-electron chi connectivity index (χ3n) is 5.98. The molecule has 0 unspecified atom stereocenters. The molecule has 0 saturated carbocycles. The molecule has 2 atom stereocenters. The summed E-state index contributed by atoms with van der Waals surface area (Å²) in [4.78, 5) is 29.5. The Balaban J connectivity index is 3.13. The maximum Gasteiger partial charge on any atom is 0.330 e. The molecule has 0 aromatic rings. The van der Waals surface area contributed by atoms with Crippen molar-refractivity contribution in [3.63, 3.8) is 0 Å². The molecule has 0 aliphatic carbocycles. The Kier molecular flexibility index (Phi) is 8.79. The smallest absolute Gasteiger partial charge is 0.330 e. The van der Waals surface area contributed by atoms with Crippen molar-refractivity contribution in [2.45, 2.75) is 84.0 Å². The summed E-state index contributed by atoms with van der Waals surface area (Å²) < 4.78 is 11.1. The molecule has 0 aromatic heterocycles. The largest absolute Gasteiger partial charge is 0.466 e. The number of allylic oxidation sites excluding steroid dienone is 2. The molecule has 0 fully saturated rings. The molecule has 5 nitrogen and oxygen atoms in total. The number of methoxy groups -OCH3 is 1. The molecule has 0 saturated heterocycles. The standard InChI is InChI=1S/C23H41NO4Si2/c1-16(12-20(25)27-6)22(26)21-19(17(2)15-29(7,8)9)13-18(24-21)14-28-30(10,11)23(3,4)5/h12,18-19H,2,13-15H2,1,3-11H3/b16-12+/t18-,19+/m1/s1. The molecule has 30 heavy (non-hydrogen) atoms. The molecular formula is C23H41NO4Si2. The minimum Gasteiger partial charge on any atom is -0.466 e. The van der Waals surface area contributed by atoms with Gasteiger partial charge in [0.15, 0.2) is 8.32 Å². The van der Waals surface area contributed by atoms with Crippen LogP contribution in [0.2, 0.25) is 43.8 Å². The van der Waals surface area contributed by atoms with E-state index in [2.05, 4.69) is 64.8 Å². The van der Waals surface area contributed by atoms with Gasteiger partial charge in [-0.3, -0.25) is 9.79 Å². The molecule has 0 bridgehead atoms. The molecule has 7 heteroatoms. The van der Waals surface area contributed by atoms with Gasteiger partial charge in [-0.25, -0.2) is 4.79 Å². The number of hydrogen-bond donors (Lipinski definition) is 0. The number of nitrogens with zero attached hydrogens (tertiary/aromatic N) is 1. The predicted octanol–water partition coefficient (Wildman–Crippen LogP) is 5.42. The lowest BCUT2D eigenvalue weighted by Crippen LogP contribution is -2.42. The molecule has 1 aliphatic rings. The Bertz CT molecular complexity index is 739. The molecule has 0 amide bonds. The molecule has 0 aromatic carbocycles. The van der Waals surface area contributed by atoms with E-state index in [1.807, 2.05) is 0 Å². The van der Waals surface area contributed by atoms with Crippen LogP contribution in [-0.4, -0.2) is 53.6 Å². The number of Topliss-reactive ketones (excluding diaryl/α,β-unsaturated/α-hetero) is 1. The van der Waals surface area contributed by atoms with Gasteiger partial charge in [0.25, 0.3) is 0 Å². The normalized spacial score (nSPS) is 20.7.